The molecule has 2 aromatic rings. The summed E-state index contributed by atoms with van der Waals surface area (Å²) < 4.78 is 1.70. The molecule has 0 unspecified atom stereocenters. The maximum absolute atomic E-state index is 11.4. The third-order valence-corrected chi connectivity index (χ3v) is 4.29. The zero-order valence-electron chi connectivity index (χ0n) is 12.8. The molecule has 114 valence electrons. The zero-order valence-corrected chi connectivity index (χ0v) is 13.6. The zero-order chi connectivity index (χ0) is 15.6. The van der Waals surface area contributed by atoms with Crippen LogP contribution in [0.25, 0.3) is 10.6 Å². The lowest BCUT2D eigenvalue weighted by atomic mass is 10.1. The van der Waals surface area contributed by atoms with Crippen LogP contribution >= 0.6 is 11.3 Å². The van der Waals surface area contributed by atoms with E-state index < -0.39 is 5.97 Å². The molecule has 0 atom stereocenters. The molecule has 0 saturated carbocycles. The molecule has 7 heteroatoms. The van der Waals surface area contributed by atoms with Crippen molar-refractivity contribution in [3.8, 4) is 10.6 Å². The molecular formula is C14H20N4O2S. The third kappa shape index (κ3) is 3.47. The summed E-state index contributed by atoms with van der Waals surface area (Å²) in [5, 5.41) is 18.1. The van der Waals surface area contributed by atoms with E-state index in [1.54, 1.807) is 4.68 Å². The van der Waals surface area contributed by atoms with E-state index >= 15 is 0 Å². The van der Waals surface area contributed by atoms with Crippen LogP contribution in [0.1, 0.15) is 47.9 Å². The lowest BCUT2D eigenvalue weighted by molar-refractivity contribution is 0.0691. The molecule has 0 spiro atoms. The molecule has 0 saturated heterocycles. The van der Waals surface area contributed by atoms with Crippen LogP contribution in [0.3, 0.4) is 0 Å². The SMILES string of the molecule is Cc1nc(C)c(-c2c(C(=O)O)nnn2CCCC(C)C)s1. The van der Waals surface area contributed by atoms with Gasteiger partial charge in [0.25, 0.3) is 0 Å². The number of hydrogen-bond acceptors (Lipinski definition) is 5. The van der Waals surface area contributed by atoms with Crippen molar-refractivity contribution in [3.05, 3.63) is 16.4 Å². The van der Waals surface area contributed by atoms with Crippen molar-refractivity contribution in [2.24, 2.45) is 5.92 Å². The normalized spacial score (nSPS) is 11.3. The Hall–Kier alpha value is -1.76. The average molecular weight is 308 g/mol. The van der Waals surface area contributed by atoms with Crippen molar-refractivity contribution >= 4 is 17.3 Å². The lowest BCUT2D eigenvalue weighted by Crippen LogP contribution is -2.06. The molecule has 0 amide bonds. The summed E-state index contributed by atoms with van der Waals surface area (Å²) in [6.07, 6.45) is 2.02. The van der Waals surface area contributed by atoms with Crippen molar-refractivity contribution < 1.29 is 9.90 Å². The maximum Gasteiger partial charge on any atom is 0.358 e. The lowest BCUT2D eigenvalue weighted by Gasteiger charge is -2.07. The first kappa shape index (κ1) is 15.6. The molecule has 6 nitrogen and oxygen atoms in total. The molecule has 0 aliphatic carbocycles. The van der Waals surface area contributed by atoms with E-state index in [1.807, 2.05) is 13.8 Å². The highest BCUT2D eigenvalue weighted by atomic mass is 32.1. The van der Waals surface area contributed by atoms with Crippen LogP contribution in [0, 0.1) is 19.8 Å². The fraction of sp³-hybridized carbons (Fsp3) is 0.571. The molecule has 2 heterocycles. The van der Waals surface area contributed by atoms with Gasteiger partial charge in [-0.25, -0.2) is 14.5 Å². The smallest absolute Gasteiger partial charge is 0.358 e. The second kappa shape index (κ2) is 6.34. The van der Waals surface area contributed by atoms with E-state index in [0.717, 1.165) is 28.4 Å². The van der Waals surface area contributed by atoms with Gasteiger partial charge in [0, 0.05) is 6.54 Å². The summed E-state index contributed by atoms with van der Waals surface area (Å²) in [5.41, 5.74) is 1.41. The Bertz CT molecular complexity index is 645. The van der Waals surface area contributed by atoms with Crippen LogP contribution in [0.4, 0.5) is 0 Å². The van der Waals surface area contributed by atoms with Gasteiger partial charge < -0.3 is 5.11 Å². The molecular weight excluding hydrogens is 288 g/mol. The summed E-state index contributed by atoms with van der Waals surface area (Å²) in [6, 6.07) is 0. The number of carbonyl (C=O) groups is 1. The highest BCUT2D eigenvalue weighted by molar-refractivity contribution is 7.15. The topological polar surface area (TPSA) is 80.9 Å². The van der Waals surface area contributed by atoms with Gasteiger partial charge in [-0.2, -0.15) is 0 Å². The van der Waals surface area contributed by atoms with Gasteiger partial charge in [0.1, 0.15) is 5.69 Å². The molecule has 0 aliphatic rings. The van der Waals surface area contributed by atoms with Crippen LogP contribution in [-0.4, -0.2) is 31.1 Å². The van der Waals surface area contributed by atoms with E-state index in [2.05, 4.69) is 29.1 Å². The van der Waals surface area contributed by atoms with Gasteiger partial charge in [-0.05, 0) is 32.6 Å². The molecule has 21 heavy (non-hydrogen) atoms. The second-order valence-electron chi connectivity index (χ2n) is 5.50. The Morgan fingerprint density at radius 1 is 1.38 bits per heavy atom. The fourth-order valence-electron chi connectivity index (χ4n) is 2.24. The summed E-state index contributed by atoms with van der Waals surface area (Å²) in [4.78, 5) is 16.6. The summed E-state index contributed by atoms with van der Waals surface area (Å²) >= 11 is 1.48. The van der Waals surface area contributed by atoms with Gasteiger partial charge in [0.15, 0.2) is 5.69 Å². The predicted octanol–water partition coefficient (Wildman–Crippen LogP) is 3.15. The Kier molecular flexibility index (Phi) is 4.72. The summed E-state index contributed by atoms with van der Waals surface area (Å²) in [7, 11) is 0. The molecule has 0 aromatic carbocycles. The van der Waals surface area contributed by atoms with Gasteiger partial charge in [0.05, 0.1) is 15.6 Å². The minimum atomic E-state index is -1.05. The van der Waals surface area contributed by atoms with Gasteiger partial charge in [-0.1, -0.05) is 19.1 Å². The van der Waals surface area contributed by atoms with Crippen molar-refractivity contribution in [1.82, 2.24) is 20.0 Å². The van der Waals surface area contributed by atoms with Crippen LogP contribution in [0.2, 0.25) is 0 Å². The standard InChI is InChI=1S/C14H20N4O2S/c1-8(2)6-5-7-18-12(11(14(19)20)16-17-18)13-9(3)15-10(4)21-13/h8H,5-7H2,1-4H3,(H,19,20). The molecule has 0 fully saturated rings. The number of nitrogens with zero attached hydrogens (tertiary/aromatic N) is 4. The highest BCUT2D eigenvalue weighted by Crippen LogP contribution is 2.31. The van der Waals surface area contributed by atoms with E-state index in [0.29, 0.717) is 18.2 Å². The summed E-state index contributed by atoms with van der Waals surface area (Å²) in [6.45, 7) is 8.80. The van der Waals surface area contributed by atoms with Crippen molar-refractivity contribution in [3.63, 3.8) is 0 Å². The number of carboxylic acid groups (broad SMARTS) is 1. The molecule has 0 aliphatic heterocycles. The predicted molar refractivity (Wildman–Crippen MR) is 81.6 cm³/mol. The van der Waals surface area contributed by atoms with Gasteiger partial charge in [-0.3, -0.25) is 0 Å². The Morgan fingerprint density at radius 3 is 2.62 bits per heavy atom. The van der Waals surface area contributed by atoms with Crippen molar-refractivity contribution in [2.45, 2.75) is 47.1 Å². The quantitative estimate of drug-likeness (QED) is 0.886. The van der Waals surface area contributed by atoms with E-state index in [-0.39, 0.29) is 5.69 Å². The summed E-state index contributed by atoms with van der Waals surface area (Å²) in [5.74, 6) is -0.436. The second-order valence-corrected chi connectivity index (χ2v) is 6.70. The average Bonchev–Trinajstić information content (AvgIpc) is 2.92. The number of aromatic nitrogens is 4. The third-order valence-electron chi connectivity index (χ3n) is 3.21. The Labute approximate surface area is 127 Å². The van der Waals surface area contributed by atoms with Crippen LogP contribution < -0.4 is 0 Å². The van der Waals surface area contributed by atoms with E-state index in [1.165, 1.54) is 11.3 Å². The number of thiazole rings is 1. The Morgan fingerprint density at radius 2 is 2.10 bits per heavy atom. The molecule has 2 aromatic heterocycles. The minimum absolute atomic E-state index is 0.00583. The number of aryl methyl sites for hydroxylation is 3. The molecule has 0 bridgehead atoms. The minimum Gasteiger partial charge on any atom is -0.476 e. The van der Waals surface area contributed by atoms with E-state index in [4.69, 9.17) is 0 Å². The van der Waals surface area contributed by atoms with Gasteiger partial charge >= 0.3 is 5.97 Å². The van der Waals surface area contributed by atoms with E-state index in [9.17, 15) is 9.90 Å². The Balaban J connectivity index is 2.38. The first-order valence-corrected chi connectivity index (χ1v) is 7.83. The number of hydrogen-bond donors (Lipinski definition) is 1. The highest BCUT2D eigenvalue weighted by Gasteiger charge is 2.23. The fourth-order valence-corrected chi connectivity index (χ4v) is 3.21. The monoisotopic (exact) mass is 308 g/mol. The molecule has 2 rings (SSSR count). The first-order chi connectivity index (χ1) is 9.90. The molecule has 1 N–H and O–H groups in total. The van der Waals surface area contributed by atoms with Crippen LogP contribution in [0.15, 0.2) is 0 Å². The van der Waals surface area contributed by atoms with Gasteiger partial charge in [-0.15, -0.1) is 16.4 Å². The van der Waals surface area contributed by atoms with Crippen molar-refractivity contribution in [1.29, 1.82) is 0 Å². The van der Waals surface area contributed by atoms with Gasteiger partial charge in [0.2, 0.25) is 0 Å². The van der Waals surface area contributed by atoms with Crippen LogP contribution in [-0.2, 0) is 6.54 Å². The number of carboxylic acids is 1. The molecule has 0 radical (unpaired) electrons. The largest absolute Gasteiger partial charge is 0.476 e. The van der Waals surface area contributed by atoms with Crippen LogP contribution in [0.5, 0.6) is 0 Å². The number of rotatable bonds is 6. The maximum atomic E-state index is 11.4. The van der Waals surface area contributed by atoms with Crippen molar-refractivity contribution in [2.75, 3.05) is 0 Å². The number of aromatic carboxylic acids is 1. The first-order valence-electron chi connectivity index (χ1n) is 7.01.